The topological polar surface area (TPSA) is 75.6 Å². The van der Waals surface area contributed by atoms with Gasteiger partial charge in [0.25, 0.3) is 0 Å². The van der Waals surface area contributed by atoms with Gasteiger partial charge >= 0.3 is 0 Å². The van der Waals surface area contributed by atoms with Gasteiger partial charge in [0.2, 0.25) is 10.0 Å². The summed E-state index contributed by atoms with van der Waals surface area (Å²) in [6.45, 7) is 0.265. The van der Waals surface area contributed by atoms with Gasteiger partial charge in [-0.25, -0.2) is 13.1 Å². The van der Waals surface area contributed by atoms with Crippen LogP contribution in [0.5, 0.6) is 5.75 Å². The molecule has 1 aliphatic rings. The minimum atomic E-state index is -3.60. The van der Waals surface area contributed by atoms with Gasteiger partial charge in [-0.05, 0) is 30.9 Å². The summed E-state index contributed by atoms with van der Waals surface area (Å²) in [6, 6.07) is 6.49. The molecule has 2 N–H and O–H groups in total. The molecule has 0 heterocycles. The number of hydrogen-bond donors (Lipinski definition) is 2. The average Bonchev–Trinajstić information content (AvgIpc) is 2.82. The SMILES string of the molecule is COc1ccccc1S(=O)(=O)NCC1CCCC1O. The molecule has 0 aliphatic heterocycles. The molecule has 5 nitrogen and oxygen atoms in total. The monoisotopic (exact) mass is 285 g/mol. The van der Waals surface area contributed by atoms with Gasteiger partial charge in [-0.15, -0.1) is 0 Å². The Morgan fingerprint density at radius 2 is 2.11 bits per heavy atom. The summed E-state index contributed by atoms with van der Waals surface area (Å²) in [5.41, 5.74) is 0. The summed E-state index contributed by atoms with van der Waals surface area (Å²) >= 11 is 0. The van der Waals surface area contributed by atoms with Gasteiger partial charge < -0.3 is 9.84 Å². The highest BCUT2D eigenvalue weighted by molar-refractivity contribution is 7.89. The second-order valence-corrected chi connectivity index (χ2v) is 6.50. The summed E-state index contributed by atoms with van der Waals surface area (Å²) in [7, 11) is -2.16. The quantitative estimate of drug-likeness (QED) is 0.850. The number of nitrogens with one attached hydrogen (secondary N) is 1. The Morgan fingerprint density at radius 3 is 2.74 bits per heavy atom. The van der Waals surface area contributed by atoms with Crippen LogP contribution in [0.1, 0.15) is 19.3 Å². The van der Waals surface area contributed by atoms with Crippen molar-refractivity contribution in [3.63, 3.8) is 0 Å². The Hall–Kier alpha value is -1.11. The van der Waals surface area contributed by atoms with E-state index in [0.717, 1.165) is 19.3 Å². The Morgan fingerprint density at radius 1 is 1.37 bits per heavy atom. The van der Waals surface area contributed by atoms with Crippen molar-refractivity contribution in [2.45, 2.75) is 30.3 Å². The predicted molar refractivity (Wildman–Crippen MR) is 71.5 cm³/mol. The lowest BCUT2D eigenvalue weighted by molar-refractivity contribution is 0.134. The van der Waals surface area contributed by atoms with Gasteiger partial charge in [0.05, 0.1) is 13.2 Å². The largest absolute Gasteiger partial charge is 0.495 e. The van der Waals surface area contributed by atoms with Crippen molar-refractivity contribution in [3.8, 4) is 5.75 Å². The standard InChI is InChI=1S/C13H19NO4S/c1-18-12-7-2-3-8-13(12)19(16,17)14-9-10-5-4-6-11(10)15/h2-3,7-8,10-11,14-15H,4-6,9H2,1H3. The normalized spacial score (nSPS) is 23.5. The first-order valence-corrected chi connectivity index (χ1v) is 7.83. The Balaban J connectivity index is 2.09. The zero-order valence-corrected chi connectivity index (χ0v) is 11.7. The van der Waals surface area contributed by atoms with E-state index in [4.69, 9.17) is 4.74 Å². The van der Waals surface area contributed by atoms with Gasteiger partial charge in [0.15, 0.2) is 0 Å². The van der Waals surface area contributed by atoms with E-state index in [-0.39, 0.29) is 17.4 Å². The number of aliphatic hydroxyl groups excluding tert-OH is 1. The molecule has 1 fully saturated rings. The number of sulfonamides is 1. The molecule has 0 saturated heterocycles. The maximum atomic E-state index is 12.2. The molecule has 1 aliphatic carbocycles. The van der Waals surface area contributed by atoms with Crippen molar-refractivity contribution in [1.82, 2.24) is 4.72 Å². The number of methoxy groups -OCH3 is 1. The van der Waals surface area contributed by atoms with Crippen molar-refractivity contribution in [2.75, 3.05) is 13.7 Å². The third kappa shape index (κ3) is 3.26. The van der Waals surface area contributed by atoms with Crippen LogP contribution in [-0.4, -0.2) is 33.3 Å². The van der Waals surface area contributed by atoms with E-state index < -0.39 is 16.1 Å². The molecule has 0 radical (unpaired) electrons. The van der Waals surface area contributed by atoms with E-state index in [1.54, 1.807) is 18.2 Å². The number of ether oxygens (including phenoxy) is 1. The fourth-order valence-electron chi connectivity index (χ4n) is 2.39. The molecular weight excluding hydrogens is 266 g/mol. The van der Waals surface area contributed by atoms with Crippen LogP contribution in [0.3, 0.4) is 0 Å². The Bertz CT molecular complexity index is 529. The number of benzene rings is 1. The van der Waals surface area contributed by atoms with Crippen LogP contribution in [0.2, 0.25) is 0 Å². The molecule has 0 bridgehead atoms. The Kier molecular flexibility index (Phi) is 4.44. The molecule has 2 rings (SSSR count). The van der Waals surface area contributed by atoms with E-state index in [1.165, 1.54) is 13.2 Å². The van der Waals surface area contributed by atoms with Crippen molar-refractivity contribution < 1.29 is 18.3 Å². The number of aliphatic hydroxyl groups is 1. The maximum absolute atomic E-state index is 12.2. The van der Waals surface area contributed by atoms with Crippen LogP contribution >= 0.6 is 0 Å². The third-order valence-corrected chi connectivity index (χ3v) is 4.98. The number of rotatable bonds is 5. The summed E-state index contributed by atoms with van der Waals surface area (Å²) in [6.07, 6.45) is 2.15. The zero-order valence-electron chi connectivity index (χ0n) is 10.9. The van der Waals surface area contributed by atoms with Gasteiger partial charge in [-0.3, -0.25) is 0 Å². The highest BCUT2D eigenvalue weighted by atomic mass is 32.2. The molecule has 1 aromatic rings. The van der Waals surface area contributed by atoms with Crippen LogP contribution in [0.15, 0.2) is 29.2 Å². The minimum absolute atomic E-state index is 0.00415. The van der Waals surface area contributed by atoms with Crippen LogP contribution < -0.4 is 9.46 Å². The van der Waals surface area contributed by atoms with E-state index >= 15 is 0 Å². The molecule has 2 unspecified atom stereocenters. The van der Waals surface area contributed by atoms with Gasteiger partial charge in [0.1, 0.15) is 10.6 Å². The number of hydrogen-bond acceptors (Lipinski definition) is 4. The molecular formula is C13H19NO4S. The van der Waals surface area contributed by atoms with Crippen LogP contribution in [0, 0.1) is 5.92 Å². The molecule has 1 aromatic carbocycles. The van der Waals surface area contributed by atoms with Crippen molar-refractivity contribution in [2.24, 2.45) is 5.92 Å². The van der Waals surface area contributed by atoms with Gasteiger partial charge in [-0.1, -0.05) is 18.6 Å². The highest BCUT2D eigenvalue weighted by Crippen LogP contribution is 2.26. The second-order valence-electron chi connectivity index (χ2n) is 4.76. The smallest absolute Gasteiger partial charge is 0.244 e. The molecule has 2 atom stereocenters. The number of para-hydroxylation sites is 1. The lowest BCUT2D eigenvalue weighted by Gasteiger charge is -2.16. The lowest BCUT2D eigenvalue weighted by atomic mass is 10.1. The molecule has 6 heteroatoms. The molecule has 19 heavy (non-hydrogen) atoms. The summed E-state index contributed by atoms with van der Waals surface area (Å²) in [4.78, 5) is 0.130. The van der Waals surface area contributed by atoms with E-state index in [1.807, 2.05) is 0 Å². The summed E-state index contributed by atoms with van der Waals surface area (Å²) in [5.74, 6) is 0.325. The van der Waals surface area contributed by atoms with E-state index in [2.05, 4.69) is 4.72 Å². The van der Waals surface area contributed by atoms with E-state index in [0.29, 0.717) is 5.75 Å². The maximum Gasteiger partial charge on any atom is 0.244 e. The Labute approximate surface area is 113 Å². The summed E-state index contributed by atoms with van der Waals surface area (Å²) < 4.78 is 32.0. The molecule has 106 valence electrons. The second kappa shape index (κ2) is 5.90. The average molecular weight is 285 g/mol. The van der Waals surface area contributed by atoms with Crippen molar-refractivity contribution >= 4 is 10.0 Å². The van der Waals surface area contributed by atoms with Crippen LogP contribution in [-0.2, 0) is 10.0 Å². The fourth-order valence-corrected chi connectivity index (χ4v) is 3.65. The first kappa shape index (κ1) is 14.3. The zero-order chi connectivity index (χ0) is 13.9. The molecule has 0 spiro atoms. The van der Waals surface area contributed by atoms with Crippen LogP contribution in [0.4, 0.5) is 0 Å². The van der Waals surface area contributed by atoms with Crippen LogP contribution in [0.25, 0.3) is 0 Å². The predicted octanol–water partition coefficient (Wildman–Crippen LogP) is 1.13. The fraction of sp³-hybridized carbons (Fsp3) is 0.538. The summed E-state index contributed by atoms with van der Waals surface area (Å²) in [5, 5.41) is 9.70. The molecule has 0 aromatic heterocycles. The van der Waals surface area contributed by atoms with Gasteiger partial charge in [0, 0.05) is 6.54 Å². The lowest BCUT2D eigenvalue weighted by Crippen LogP contribution is -2.32. The third-order valence-electron chi connectivity index (χ3n) is 3.51. The first-order valence-electron chi connectivity index (χ1n) is 6.35. The minimum Gasteiger partial charge on any atom is -0.495 e. The highest BCUT2D eigenvalue weighted by Gasteiger charge is 2.27. The van der Waals surface area contributed by atoms with Crippen molar-refractivity contribution in [3.05, 3.63) is 24.3 Å². The molecule has 1 saturated carbocycles. The molecule has 0 amide bonds. The first-order chi connectivity index (χ1) is 9.04. The van der Waals surface area contributed by atoms with E-state index in [9.17, 15) is 13.5 Å². The van der Waals surface area contributed by atoms with Gasteiger partial charge in [-0.2, -0.15) is 0 Å². The van der Waals surface area contributed by atoms with Crippen molar-refractivity contribution in [1.29, 1.82) is 0 Å².